The van der Waals surface area contributed by atoms with Gasteiger partial charge in [-0.2, -0.15) is 0 Å². The summed E-state index contributed by atoms with van der Waals surface area (Å²) in [5.74, 6) is 0.906. The second kappa shape index (κ2) is 5.50. The van der Waals surface area contributed by atoms with Crippen molar-refractivity contribution in [2.24, 2.45) is 5.92 Å². The Labute approximate surface area is 119 Å². The van der Waals surface area contributed by atoms with Gasteiger partial charge in [0.2, 0.25) is 0 Å². The van der Waals surface area contributed by atoms with Crippen LogP contribution in [0.2, 0.25) is 0 Å². The molecule has 4 nitrogen and oxygen atoms in total. The summed E-state index contributed by atoms with van der Waals surface area (Å²) in [6, 6.07) is 4.18. The summed E-state index contributed by atoms with van der Waals surface area (Å²) in [6.45, 7) is 2.74. The van der Waals surface area contributed by atoms with Crippen molar-refractivity contribution in [3.8, 4) is 0 Å². The number of hydrogen-bond donors (Lipinski definition) is 1. The van der Waals surface area contributed by atoms with Gasteiger partial charge in [-0.25, -0.2) is 4.68 Å². The lowest BCUT2D eigenvalue weighted by molar-refractivity contribution is 0.627. The number of halogens is 1. The summed E-state index contributed by atoms with van der Waals surface area (Å²) in [5.41, 5.74) is 1.02. The van der Waals surface area contributed by atoms with Crippen LogP contribution in [-0.4, -0.2) is 21.5 Å². The van der Waals surface area contributed by atoms with Crippen LogP contribution in [0.1, 0.15) is 23.4 Å². The molecule has 96 valence electrons. The van der Waals surface area contributed by atoms with E-state index in [-0.39, 0.29) is 0 Å². The summed E-state index contributed by atoms with van der Waals surface area (Å²) in [4.78, 5) is 1.28. The molecule has 0 saturated heterocycles. The smallest absolute Gasteiger partial charge is 0.0964 e. The lowest BCUT2D eigenvalue weighted by Gasteiger charge is -1.98. The third kappa shape index (κ3) is 3.40. The van der Waals surface area contributed by atoms with Crippen LogP contribution in [0.4, 0.5) is 0 Å². The molecule has 0 atom stereocenters. The molecule has 1 aliphatic carbocycles. The summed E-state index contributed by atoms with van der Waals surface area (Å²) in [7, 11) is 0. The van der Waals surface area contributed by atoms with E-state index in [0.717, 1.165) is 35.0 Å². The molecule has 1 saturated carbocycles. The van der Waals surface area contributed by atoms with Crippen molar-refractivity contribution < 1.29 is 0 Å². The van der Waals surface area contributed by atoms with E-state index in [1.54, 1.807) is 11.3 Å². The Morgan fingerprint density at radius 3 is 3.06 bits per heavy atom. The van der Waals surface area contributed by atoms with Crippen LogP contribution in [0.3, 0.4) is 0 Å². The Morgan fingerprint density at radius 2 is 2.33 bits per heavy atom. The zero-order chi connectivity index (χ0) is 12.4. The van der Waals surface area contributed by atoms with Crippen LogP contribution >= 0.6 is 27.3 Å². The van der Waals surface area contributed by atoms with Gasteiger partial charge >= 0.3 is 0 Å². The van der Waals surface area contributed by atoms with Gasteiger partial charge < -0.3 is 5.32 Å². The largest absolute Gasteiger partial charge is 0.311 e. The number of nitrogens with zero attached hydrogens (tertiary/aromatic N) is 3. The first-order valence-electron chi connectivity index (χ1n) is 6.13. The van der Waals surface area contributed by atoms with Crippen LogP contribution in [0.15, 0.2) is 22.1 Å². The number of nitrogens with one attached hydrogen (secondary N) is 1. The van der Waals surface area contributed by atoms with E-state index in [1.807, 2.05) is 10.9 Å². The number of thiophene rings is 1. The maximum absolute atomic E-state index is 4.18. The second-order valence-electron chi connectivity index (χ2n) is 4.69. The minimum atomic E-state index is 0.798. The van der Waals surface area contributed by atoms with E-state index in [4.69, 9.17) is 0 Å². The molecule has 0 unspecified atom stereocenters. The molecular weight excluding hydrogens is 312 g/mol. The highest BCUT2D eigenvalue weighted by atomic mass is 79.9. The standard InChI is InChI=1S/C12H15BrN4S/c13-12-4-3-11(18-12)8-17-7-10(15-16-17)6-14-5-9-1-2-9/h3-4,7,9,14H,1-2,5-6,8H2. The number of rotatable bonds is 6. The second-order valence-corrected chi connectivity index (χ2v) is 7.24. The lowest BCUT2D eigenvalue weighted by Crippen LogP contribution is -2.16. The Hall–Kier alpha value is -0.720. The predicted molar refractivity (Wildman–Crippen MR) is 75.6 cm³/mol. The van der Waals surface area contributed by atoms with E-state index in [2.05, 4.69) is 43.7 Å². The van der Waals surface area contributed by atoms with Crippen molar-refractivity contribution in [2.45, 2.75) is 25.9 Å². The third-order valence-corrected chi connectivity index (χ3v) is 4.58. The van der Waals surface area contributed by atoms with Gasteiger partial charge in [0.05, 0.1) is 22.2 Å². The molecule has 0 radical (unpaired) electrons. The highest BCUT2D eigenvalue weighted by molar-refractivity contribution is 9.11. The summed E-state index contributed by atoms with van der Waals surface area (Å²) in [6.07, 6.45) is 4.79. The fraction of sp³-hybridized carbons (Fsp3) is 0.500. The van der Waals surface area contributed by atoms with E-state index in [0.29, 0.717) is 0 Å². The molecule has 1 aliphatic rings. The molecule has 0 spiro atoms. The SMILES string of the molecule is Brc1ccc(Cn2cc(CNCC3CC3)nn2)s1. The fourth-order valence-electron chi connectivity index (χ4n) is 1.82. The minimum Gasteiger partial charge on any atom is -0.311 e. The maximum atomic E-state index is 4.18. The van der Waals surface area contributed by atoms with Crippen LogP contribution in [0.25, 0.3) is 0 Å². The Kier molecular flexibility index (Phi) is 3.77. The van der Waals surface area contributed by atoms with Gasteiger partial charge in [-0.3, -0.25) is 0 Å². The first-order valence-corrected chi connectivity index (χ1v) is 7.74. The van der Waals surface area contributed by atoms with Gasteiger partial charge in [-0.1, -0.05) is 5.21 Å². The third-order valence-electron chi connectivity index (χ3n) is 2.97. The normalized spacial score (nSPS) is 15.2. The van der Waals surface area contributed by atoms with Crippen molar-refractivity contribution in [3.05, 3.63) is 32.7 Å². The number of aromatic nitrogens is 3. The summed E-state index contributed by atoms with van der Waals surface area (Å²) >= 11 is 5.20. The molecule has 0 bridgehead atoms. The Morgan fingerprint density at radius 1 is 1.44 bits per heavy atom. The molecule has 6 heteroatoms. The quantitative estimate of drug-likeness (QED) is 0.887. The predicted octanol–water partition coefficient (Wildman–Crippen LogP) is 2.65. The monoisotopic (exact) mass is 326 g/mol. The van der Waals surface area contributed by atoms with Gasteiger partial charge in [0.15, 0.2) is 0 Å². The highest BCUT2D eigenvalue weighted by Gasteiger charge is 2.20. The number of hydrogen-bond acceptors (Lipinski definition) is 4. The molecule has 3 rings (SSSR count). The molecule has 0 aliphatic heterocycles. The van der Waals surface area contributed by atoms with Crippen molar-refractivity contribution >= 4 is 27.3 Å². The molecular formula is C12H15BrN4S. The van der Waals surface area contributed by atoms with E-state index in [1.165, 1.54) is 17.7 Å². The molecule has 0 aromatic carbocycles. The van der Waals surface area contributed by atoms with Gasteiger partial charge in [-0.15, -0.1) is 16.4 Å². The Bertz CT molecular complexity index is 518. The van der Waals surface area contributed by atoms with Gasteiger partial charge in [0, 0.05) is 11.4 Å². The average Bonchev–Trinajstić information content (AvgIpc) is 2.92. The molecule has 2 aromatic rings. The Balaban J connectivity index is 1.52. The minimum absolute atomic E-state index is 0.798. The van der Waals surface area contributed by atoms with Gasteiger partial charge in [-0.05, 0) is 53.4 Å². The molecule has 1 fully saturated rings. The first kappa shape index (κ1) is 12.3. The first-order chi connectivity index (χ1) is 8.79. The zero-order valence-corrected chi connectivity index (χ0v) is 12.4. The molecule has 2 heterocycles. The van der Waals surface area contributed by atoms with E-state index >= 15 is 0 Å². The van der Waals surface area contributed by atoms with Crippen molar-refractivity contribution in [1.29, 1.82) is 0 Å². The van der Waals surface area contributed by atoms with E-state index < -0.39 is 0 Å². The van der Waals surface area contributed by atoms with Crippen molar-refractivity contribution in [3.63, 3.8) is 0 Å². The molecule has 1 N–H and O–H groups in total. The summed E-state index contributed by atoms with van der Waals surface area (Å²) < 4.78 is 3.05. The lowest BCUT2D eigenvalue weighted by atomic mass is 10.4. The topological polar surface area (TPSA) is 42.7 Å². The highest BCUT2D eigenvalue weighted by Crippen LogP contribution is 2.27. The van der Waals surface area contributed by atoms with Gasteiger partial charge in [0.1, 0.15) is 0 Å². The van der Waals surface area contributed by atoms with Crippen LogP contribution in [-0.2, 0) is 13.1 Å². The van der Waals surface area contributed by atoms with Crippen LogP contribution in [0.5, 0.6) is 0 Å². The van der Waals surface area contributed by atoms with Crippen molar-refractivity contribution in [2.75, 3.05) is 6.54 Å². The summed E-state index contributed by atoms with van der Waals surface area (Å²) in [5, 5.41) is 11.8. The van der Waals surface area contributed by atoms with Crippen LogP contribution in [0, 0.1) is 5.92 Å². The molecule has 2 aromatic heterocycles. The van der Waals surface area contributed by atoms with Crippen LogP contribution < -0.4 is 5.32 Å². The fourth-order valence-corrected chi connectivity index (χ4v) is 3.29. The van der Waals surface area contributed by atoms with E-state index in [9.17, 15) is 0 Å². The molecule has 0 amide bonds. The zero-order valence-electron chi connectivity index (χ0n) is 9.97. The maximum Gasteiger partial charge on any atom is 0.0964 e. The van der Waals surface area contributed by atoms with Crippen molar-refractivity contribution in [1.82, 2.24) is 20.3 Å². The van der Waals surface area contributed by atoms with Gasteiger partial charge in [0.25, 0.3) is 0 Å². The average molecular weight is 327 g/mol. The molecule has 18 heavy (non-hydrogen) atoms.